The average Bonchev–Trinajstić information content (AvgIpc) is 2.30. The SMILES string of the molecule is C=C/C(=C1/NC(=O)CO/C1=N/C)C(C)CC. The highest BCUT2D eigenvalue weighted by molar-refractivity contribution is 6.02. The standard InChI is InChI=1S/C12H18N2O2/c1-5-8(3)9(6-2)11-12(13-4)16-7-10(15)14-11/h6,8H,2,5,7H2,1,3-4H3,(H,14,15)/b11-9-,13-12+. The quantitative estimate of drug-likeness (QED) is 0.789. The summed E-state index contributed by atoms with van der Waals surface area (Å²) in [6.07, 6.45) is 2.72. The molecule has 0 aromatic carbocycles. The van der Waals surface area contributed by atoms with Crippen molar-refractivity contribution in [2.24, 2.45) is 10.9 Å². The molecule has 1 unspecified atom stereocenters. The van der Waals surface area contributed by atoms with Gasteiger partial charge in [-0.3, -0.25) is 9.79 Å². The molecule has 1 N–H and O–H groups in total. The zero-order chi connectivity index (χ0) is 12.1. The minimum Gasteiger partial charge on any atom is -0.466 e. The lowest BCUT2D eigenvalue weighted by molar-refractivity contribution is -0.123. The number of rotatable bonds is 3. The second-order valence-electron chi connectivity index (χ2n) is 3.71. The van der Waals surface area contributed by atoms with Crippen LogP contribution in [0.5, 0.6) is 0 Å². The molecule has 1 rings (SSSR count). The van der Waals surface area contributed by atoms with Crippen LogP contribution < -0.4 is 5.32 Å². The van der Waals surface area contributed by atoms with Crippen molar-refractivity contribution in [3.05, 3.63) is 23.9 Å². The van der Waals surface area contributed by atoms with Crippen LogP contribution >= 0.6 is 0 Å². The van der Waals surface area contributed by atoms with Gasteiger partial charge in [-0.25, -0.2) is 0 Å². The lowest BCUT2D eigenvalue weighted by Gasteiger charge is -2.23. The van der Waals surface area contributed by atoms with E-state index in [1.807, 2.05) is 0 Å². The van der Waals surface area contributed by atoms with Gasteiger partial charge in [-0.1, -0.05) is 26.5 Å². The number of carbonyl (C=O) groups is 1. The van der Waals surface area contributed by atoms with Gasteiger partial charge >= 0.3 is 0 Å². The molecular weight excluding hydrogens is 204 g/mol. The Morgan fingerprint density at radius 1 is 1.75 bits per heavy atom. The molecule has 4 nitrogen and oxygen atoms in total. The van der Waals surface area contributed by atoms with Crippen LogP contribution in [-0.4, -0.2) is 25.5 Å². The van der Waals surface area contributed by atoms with Gasteiger partial charge in [-0.2, -0.15) is 0 Å². The highest BCUT2D eigenvalue weighted by atomic mass is 16.5. The number of hydrogen-bond acceptors (Lipinski definition) is 3. The molecule has 1 aliphatic rings. The molecule has 0 bridgehead atoms. The van der Waals surface area contributed by atoms with Crippen molar-refractivity contribution in [1.29, 1.82) is 0 Å². The van der Waals surface area contributed by atoms with Gasteiger partial charge in [-0.05, 0) is 17.9 Å². The van der Waals surface area contributed by atoms with E-state index in [1.165, 1.54) is 0 Å². The zero-order valence-corrected chi connectivity index (χ0v) is 10.0. The molecule has 0 radical (unpaired) electrons. The van der Waals surface area contributed by atoms with Gasteiger partial charge in [0.15, 0.2) is 6.61 Å². The highest BCUT2D eigenvalue weighted by Gasteiger charge is 2.23. The first-order valence-corrected chi connectivity index (χ1v) is 5.40. The molecule has 1 aliphatic heterocycles. The number of hydrogen-bond donors (Lipinski definition) is 1. The first-order valence-electron chi connectivity index (χ1n) is 5.40. The Labute approximate surface area is 96.1 Å². The Bertz CT molecular complexity index is 356. The number of aliphatic imine (C=N–C) groups is 1. The Hall–Kier alpha value is -1.58. The van der Waals surface area contributed by atoms with Gasteiger partial charge in [0, 0.05) is 7.05 Å². The van der Waals surface area contributed by atoms with Crippen molar-refractivity contribution in [2.45, 2.75) is 20.3 Å². The summed E-state index contributed by atoms with van der Waals surface area (Å²) in [4.78, 5) is 15.3. The van der Waals surface area contributed by atoms with Crippen molar-refractivity contribution in [3.63, 3.8) is 0 Å². The van der Waals surface area contributed by atoms with Crippen LogP contribution in [0.1, 0.15) is 20.3 Å². The summed E-state index contributed by atoms with van der Waals surface area (Å²) < 4.78 is 5.26. The molecule has 0 aromatic rings. The van der Waals surface area contributed by atoms with Crippen LogP contribution in [0, 0.1) is 5.92 Å². The first-order chi connectivity index (χ1) is 7.63. The van der Waals surface area contributed by atoms with Gasteiger partial charge in [0.05, 0.1) is 0 Å². The summed E-state index contributed by atoms with van der Waals surface area (Å²) in [5.74, 6) is 0.645. The number of amides is 1. The third-order valence-corrected chi connectivity index (χ3v) is 2.67. The molecule has 1 fully saturated rings. The molecule has 1 saturated heterocycles. The average molecular weight is 222 g/mol. The van der Waals surface area contributed by atoms with E-state index in [-0.39, 0.29) is 12.5 Å². The number of morpholine rings is 1. The predicted octanol–water partition coefficient (Wildman–Crippen LogP) is 1.65. The first kappa shape index (κ1) is 12.5. The minimum absolute atomic E-state index is 0.0289. The van der Waals surface area contributed by atoms with Crippen molar-refractivity contribution < 1.29 is 9.53 Å². The largest absolute Gasteiger partial charge is 0.466 e. The van der Waals surface area contributed by atoms with Gasteiger partial charge in [-0.15, -0.1) is 0 Å². The van der Waals surface area contributed by atoms with Crippen LogP contribution in [-0.2, 0) is 9.53 Å². The predicted molar refractivity (Wildman–Crippen MR) is 64.1 cm³/mol. The molecule has 0 spiro atoms. The molecule has 4 heteroatoms. The van der Waals surface area contributed by atoms with Crippen LogP contribution in [0.4, 0.5) is 0 Å². The number of carbonyl (C=O) groups excluding carboxylic acids is 1. The minimum atomic E-state index is -0.148. The Morgan fingerprint density at radius 3 is 2.94 bits per heavy atom. The van der Waals surface area contributed by atoms with E-state index >= 15 is 0 Å². The monoisotopic (exact) mass is 222 g/mol. The van der Waals surface area contributed by atoms with E-state index in [4.69, 9.17) is 4.74 Å². The molecule has 0 aliphatic carbocycles. The van der Waals surface area contributed by atoms with E-state index in [0.29, 0.717) is 17.5 Å². The van der Waals surface area contributed by atoms with E-state index < -0.39 is 0 Å². The summed E-state index contributed by atoms with van der Waals surface area (Å²) in [6, 6.07) is 0. The number of ether oxygens (including phenoxy) is 1. The van der Waals surface area contributed by atoms with Crippen molar-refractivity contribution in [1.82, 2.24) is 5.32 Å². The maximum atomic E-state index is 11.3. The number of nitrogens with one attached hydrogen (secondary N) is 1. The van der Waals surface area contributed by atoms with E-state index in [9.17, 15) is 4.79 Å². The second-order valence-corrected chi connectivity index (χ2v) is 3.71. The maximum absolute atomic E-state index is 11.3. The molecule has 0 saturated carbocycles. The third kappa shape index (κ3) is 2.51. The molecule has 0 aromatic heterocycles. The Kier molecular flexibility index (Phi) is 4.28. The molecule has 88 valence electrons. The van der Waals surface area contributed by atoms with Crippen LogP contribution in [0.3, 0.4) is 0 Å². The van der Waals surface area contributed by atoms with Crippen LogP contribution in [0.2, 0.25) is 0 Å². The lowest BCUT2D eigenvalue weighted by Crippen LogP contribution is -2.39. The molecule has 1 amide bonds. The van der Waals surface area contributed by atoms with Crippen LogP contribution in [0.15, 0.2) is 28.9 Å². The summed E-state index contributed by atoms with van der Waals surface area (Å²) in [7, 11) is 1.64. The molecule has 16 heavy (non-hydrogen) atoms. The van der Waals surface area contributed by atoms with Gasteiger partial charge in [0.2, 0.25) is 5.90 Å². The smallest absolute Gasteiger partial charge is 0.262 e. The summed E-state index contributed by atoms with van der Waals surface area (Å²) >= 11 is 0. The zero-order valence-electron chi connectivity index (χ0n) is 10.0. The fourth-order valence-electron chi connectivity index (χ4n) is 1.58. The normalized spacial score (nSPS) is 23.4. The van der Waals surface area contributed by atoms with Crippen molar-refractivity contribution in [3.8, 4) is 0 Å². The third-order valence-electron chi connectivity index (χ3n) is 2.67. The maximum Gasteiger partial charge on any atom is 0.262 e. The molecule has 1 heterocycles. The van der Waals surface area contributed by atoms with E-state index in [2.05, 4.69) is 30.7 Å². The molecular formula is C12H18N2O2. The van der Waals surface area contributed by atoms with Gasteiger partial charge in [0.1, 0.15) is 5.70 Å². The Morgan fingerprint density at radius 2 is 2.44 bits per heavy atom. The fourth-order valence-corrected chi connectivity index (χ4v) is 1.58. The summed E-state index contributed by atoms with van der Waals surface area (Å²) in [5.41, 5.74) is 1.62. The van der Waals surface area contributed by atoms with E-state index in [1.54, 1.807) is 13.1 Å². The second kappa shape index (κ2) is 5.49. The van der Waals surface area contributed by atoms with Gasteiger partial charge < -0.3 is 10.1 Å². The van der Waals surface area contributed by atoms with E-state index in [0.717, 1.165) is 12.0 Å². The molecule has 1 atom stereocenters. The summed E-state index contributed by atoms with van der Waals surface area (Å²) in [5, 5.41) is 2.80. The highest BCUT2D eigenvalue weighted by Crippen LogP contribution is 2.20. The fraction of sp³-hybridized carbons (Fsp3) is 0.500. The number of nitrogens with zero attached hydrogens (tertiary/aromatic N) is 1. The van der Waals surface area contributed by atoms with Gasteiger partial charge in [0.25, 0.3) is 5.91 Å². The van der Waals surface area contributed by atoms with Crippen LogP contribution in [0.25, 0.3) is 0 Å². The van der Waals surface area contributed by atoms with Crippen molar-refractivity contribution >= 4 is 11.8 Å². The van der Waals surface area contributed by atoms with Crippen molar-refractivity contribution in [2.75, 3.05) is 13.7 Å². The topological polar surface area (TPSA) is 50.7 Å². The number of allylic oxidation sites excluding steroid dienone is 2. The lowest BCUT2D eigenvalue weighted by atomic mass is 9.96. The summed E-state index contributed by atoms with van der Waals surface area (Å²) in [6.45, 7) is 7.98. The Balaban J connectivity index is 3.15.